The third-order valence-corrected chi connectivity index (χ3v) is 4.52. The van der Waals surface area contributed by atoms with Crippen molar-refractivity contribution in [1.82, 2.24) is 15.5 Å². The zero-order chi connectivity index (χ0) is 17.3. The molecule has 0 aromatic rings. The highest BCUT2D eigenvalue weighted by molar-refractivity contribution is 14.0. The summed E-state index contributed by atoms with van der Waals surface area (Å²) in [5, 5.41) is 6.76. The van der Waals surface area contributed by atoms with E-state index in [0.29, 0.717) is 0 Å². The van der Waals surface area contributed by atoms with Crippen molar-refractivity contribution in [2.45, 2.75) is 64.7 Å². The van der Waals surface area contributed by atoms with Gasteiger partial charge in [-0.15, -0.1) is 24.0 Å². The molecule has 6 heteroatoms. The number of guanidine groups is 1. The number of nitrogens with one attached hydrogen (secondary N) is 2. The van der Waals surface area contributed by atoms with E-state index in [0.717, 1.165) is 45.1 Å². The largest absolute Gasteiger partial charge is 0.381 e. The number of ether oxygens (including phenoxy) is 1. The van der Waals surface area contributed by atoms with Crippen LogP contribution in [0.2, 0.25) is 0 Å². The summed E-state index contributed by atoms with van der Waals surface area (Å²) < 4.78 is 5.56. The topological polar surface area (TPSA) is 48.9 Å². The van der Waals surface area contributed by atoms with Gasteiger partial charge >= 0.3 is 0 Å². The average Bonchev–Trinajstić information content (AvgIpc) is 2.63. The molecule has 0 unspecified atom stereocenters. The Morgan fingerprint density at radius 3 is 2.28 bits per heavy atom. The SMILES string of the molecule is CCCCOCCCNC(=NC)NCCCCCN1CCCCC1.I. The molecular weight excluding hydrogens is 427 g/mol. The Balaban J connectivity index is 0.00000576. The highest BCUT2D eigenvalue weighted by Crippen LogP contribution is 2.09. The fourth-order valence-electron chi connectivity index (χ4n) is 2.98. The van der Waals surface area contributed by atoms with Crippen molar-refractivity contribution in [1.29, 1.82) is 0 Å². The van der Waals surface area contributed by atoms with E-state index >= 15 is 0 Å². The van der Waals surface area contributed by atoms with Crippen LogP contribution in [0, 0.1) is 0 Å². The summed E-state index contributed by atoms with van der Waals surface area (Å²) in [4.78, 5) is 6.90. The first-order chi connectivity index (χ1) is 11.9. The second kappa shape index (κ2) is 18.7. The zero-order valence-electron chi connectivity index (χ0n) is 16.5. The Kier molecular flexibility index (Phi) is 18.6. The first-order valence-corrected chi connectivity index (χ1v) is 10.1. The molecule has 1 aliphatic heterocycles. The molecule has 0 aliphatic carbocycles. The molecule has 0 radical (unpaired) electrons. The van der Waals surface area contributed by atoms with Gasteiger partial charge in [-0.25, -0.2) is 0 Å². The molecule has 0 spiro atoms. The van der Waals surface area contributed by atoms with Gasteiger partial charge in [0.15, 0.2) is 5.96 Å². The highest BCUT2D eigenvalue weighted by atomic mass is 127. The highest BCUT2D eigenvalue weighted by Gasteiger charge is 2.08. The first kappa shape index (κ1) is 24.9. The van der Waals surface area contributed by atoms with E-state index in [-0.39, 0.29) is 24.0 Å². The van der Waals surface area contributed by atoms with Gasteiger partial charge < -0.3 is 20.3 Å². The molecule has 0 bridgehead atoms. The number of rotatable bonds is 13. The molecule has 1 saturated heterocycles. The van der Waals surface area contributed by atoms with E-state index in [1.807, 2.05) is 7.05 Å². The van der Waals surface area contributed by atoms with Crippen LogP contribution in [0.3, 0.4) is 0 Å². The fourth-order valence-corrected chi connectivity index (χ4v) is 2.98. The van der Waals surface area contributed by atoms with Crippen LogP contribution in [0.15, 0.2) is 4.99 Å². The van der Waals surface area contributed by atoms with Crippen molar-refractivity contribution < 1.29 is 4.74 Å². The molecule has 5 nitrogen and oxygen atoms in total. The molecule has 25 heavy (non-hydrogen) atoms. The fraction of sp³-hybridized carbons (Fsp3) is 0.947. The quantitative estimate of drug-likeness (QED) is 0.188. The number of aliphatic imine (C=N–C) groups is 1. The summed E-state index contributed by atoms with van der Waals surface area (Å²) in [5.41, 5.74) is 0. The van der Waals surface area contributed by atoms with Gasteiger partial charge in [0.25, 0.3) is 0 Å². The Labute approximate surface area is 172 Å². The summed E-state index contributed by atoms with van der Waals surface area (Å²) in [5.74, 6) is 0.916. The predicted molar refractivity (Wildman–Crippen MR) is 119 cm³/mol. The van der Waals surface area contributed by atoms with Crippen LogP contribution >= 0.6 is 24.0 Å². The van der Waals surface area contributed by atoms with E-state index in [9.17, 15) is 0 Å². The van der Waals surface area contributed by atoms with Crippen LogP contribution in [0.4, 0.5) is 0 Å². The van der Waals surface area contributed by atoms with Crippen LogP contribution < -0.4 is 10.6 Å². The van der Waals surface area contributed by atoms with Crippen molar-refractivity contribution in [2.24, 2.45) is 4.99 Å². The predicted octanol–water partition coefficient (Wildman–Crippen LogP) is 3.63. The van der Waals surface area contributed by atoms with Crippen LogP contribution in [-0.4, -0.2) is 63.8 Å². The molecule has 1 heterocycles. The number of halogens is 1. The molecule has 1 fully saturated rings. The normalized spacial score (nSPS) is 15.7. The lowest BCUT2D eigenvalue weighted by molar-refractivity contribution is 0.129. The smallest absolute Gasteiger partial charge is 0.190 e. The lowest BCUT2D eigenvalue weighted by Crippen LogP contribution is -2.38. The summed E-state index contributed by atoms with van der Waals surface area (Å²) in [6.45, 7) is 9.75. The Morgan fingerprint density at radius 2 is 1.60 bits per heavy atom. The van der Waals surface area contributed by atoms with E-state index in [1.54, 1.807) is 0 Å². The van der Waals surface area contributed by atoms with Crippen molar-refractivity contribution in [3.05, 3.63) is 0 Å². The molecule has 0 aromatic heterocycles. The van der Waals surface area contributed by atoms with Crippen molar-refractivity contribution in [3.63, 3.8) is 0 Å². The lowest BCUT2D eigenvalue weighted by atomic mass is 10.1. The number of hydrogen-bond acceptors (Lipinski definition) is 3. The standard InChI is InChI=1S/C19H40N4O.HI/c1-3-4-17-24-18-11-13-22-19(20-2)21-12-7-5-8-14-23-15-9-6-10-16-23;/h3-18H2,1-2H3,(H2,20,21,22);1H. The van der Waals surface area contributed by atoms with Gasteiger partial charge in [-0.05, 0) is 58.2 Å². The van der Waals surface area contributed by atoms with E-state index in [2.05, 4.69) is 27.4 Å². The lowest BCUT2D eigenvalue weighted by Gasteiger charge is -2.26. The maximum Gasteiger partial charge on any atom is 0.190 e. The number of hydrogen-bond donors (Lipinski definition) is 2. The van der Waals surface area contributed by atoms with Gasteiger partial charge in [-0.1, -0.05) is 26.2 Å². The van der Waals surface area contributed by atoms with E-state index < -0.39 is 0 Å². The summed E-state index contributed by atoms with van der Waals surface area (Å²) in [6.07, 6.45) is 11.4. The van der Waals surface area contributed by atoms with Gasteiger partial charge in [0.2, 0.25) is 0 Å². The molecule has 150 valence electrons. The van der Waals surface area contributed by atoms with Gasteiger partial charge in [0.05, 0.1) is 0 Å². The van der Waals surface area contributed by atoms with Crippen molar-refractivity contribution in [3.8, 4) is 0 Å². The minimum absolute atomic E-state index is 0. The second-order valence-electron chi connectivity index (χ2n) is 6.71. The van der Waals surface area contributed by atoms with E-state index in [1.165, 1.54) is 64.6 Å². The molecule has 1 rings (SSSR count). The minimum atomic E-state index is 0. The summed E-state index contributed by atoms with van der Waals surface area (Å²) >= 11 is 0. The minimum Gasteiger partial charge on any atom is -0.381 e. The summed E-state index contributed by atoms with van der Waals surface area (Å²) in [7, 11) is 1.84. The van der Waals surface area contributed by atoms with Crippen molar-refractivity contribution >= 4 is 29.9 Å². The van der Waals surface area contributed by atoms with Gasteiger partial charge in [0.1, 0.15) is 0 Å². The number of nitrogens with zero attached hydrogens (tertiary/aromatic N) is 2. The Hall–Kier alpha value is -0.0800. The average molecular weight is 468 g/mol. The Bertz CT molecular complexity index is 310. The number of likely N-dealkylation sites (tertiary alicyclic amines) is 1. The van der Waals surface area contributed by atoms with Gasteiger partial charge in [-0.3, -0.25) is 4.99 Å². The van der Waals surface area contributed by atoms with Gasteiger partial charge in [-0.2, -0.15) is 0 Å². The van der Waals surface area contributed by atoms with Crippen LogP contribution in [0.5, 0.6) is 0 Å². The van der Waals surface area contributed by atoms with Crippen molar-refractivity contribution in [2.75, 3.05) is 53.0 Å². The number of piperidine rings is 1. The van der Waals surface area contributed by atoms with Gasteiger partial charge in [0, 0.05) is 33.4 Å². The molecule has 0 atom stereocenters. The maximum absolute atomic E-state index is 5.56. The van der Waals surface area contributed by atoms with Crippen LogP contribution in [-0.2, 0) is 4.74 Å². The van der Waals surface area contributed by atoms with E-state index in [4.69, 9.17) is 4.74 Å². The van der Waals surface area contributed by atoms with Crippen LogP contribution in [0.1, 0.15) is 64.7 Å². The molecule has 2 N–H and O–H groups in total. The molecule has 0 aromatic carbocycles. The molecule has 0 amide bonds. The molecule has 1 aliphatic rings. The molecular formula is C19H41IN4O. The zero-order valence-corrected chi connectivity index (χ0v) is 18.9. The van der Waals surface area contributed by atoms with Crippen LogP contribution in [0.25, 0.3) is 0 Å². The monoisotopic (exact) mass is 468 g/mol. The third kappa shape index (κ3) is 14.7. The maximum atomic E-state index is 5.56. The Morgan fingerprint density at radius 1 is 0.920 bits per heavy atom. The number of unbranched alkanes of at least 4 members (excludes halogenated alkanes) is 3. The summed E-state index contributed by atoms with van der Waals surface area (Å²) in [6, 6.07) is 0. The first-order valence-electron chi connectivity index (χ1n) is 10.1. The molecule has 0 saturated carbocycles. The second-order valence-corrected chi connectivity index (χ2v) is 6.71. The third-order valence-electron chi connectivity index (χ3n) is 4.52.